The fourth-order valence-electron chi connectivity index (χ4n) is 2.39. The van der Waals surface area contributed by atoms with Gasteiger partial charge in [0.1, 0.15) is 0 Å². The number of ether oxygens (including phenoxy) is 2. The van der Waals surface area contributed by atoms with E-state index in [4.69, 9.17) is 9.47 Å². The van der Waals surface area contributed by atoms with Crippen molar-refractivity contribution in [3.8, 4) is 0 Å². The highest BCUT2D eigenvalue weighted by Crippen LogP contribution is 2.23. The number of nitrogens with zero attached hydrogens (tertiary/aromatic N) is 1. The molecular weight excluding hydrogens is 220 g/mol. The molecule has 0 saturated carbocycles. The van der Waals surface area contributed by atoms with Crippen LogP contribution in [0.15, 0.2) is 0 Å². The summed E-state index contributed by atoms with van der Waals surface area (Å²) < 4.78 is 10.9. The summed E-state index contributed by atoms with van der Waals surface area (Å²) in [5.41, 5.74) is -0.124. The second kappa shape index (κ2) is 5.23. The Balaban J connectivity index is 1.81. The first-order valence-corrected chi connectivity index (χ1v) is 6.34. The van der Waals surface area contributed by atoms with Crippen molar-refractivity contribution in [2.24, 2.45) is 0 Å². The molecule has 2 amide bonds. The Morgan fingerprint density at radius 2 is 2.00 bits per heavy atom. The third-order valence-electron chi connectivity index (χ3n) is 3.32. The molecule has 98 valence electrons. The number of nitrogens with one attached hydrogen (secondary N) is 1. The van der Waals surface area contributed by atoms with E-state index in [9.17, 15) is 4.79 Å². The molecule has 2 aliphatic rings. The zero-order chi connectivity index (χ0) is 12.3. The van der Waals surface area contributed by atoms with Crippen molar-refractivity contribution in [2.75, 3.05) is 32.9 Å². The van der Waals surface area contributed by atoms with E-state index >= 15 is 0 Å². The van der Waals surface area contributed by atoms with Crippen LogP contribution in [0, 0.1) is 0 Å². The molecule has 0 aromatic heterocycles. The Morgan fingerprint density at radius 3 is 2.65 bits per heavy atom. The number of amides is 2. The fraction of sp³-hybridized carbons (Fsp3) is 0.917. The summed E-state index contributed by atoms with van der Waals surface area (Å²) in [5, 5.41) is 3.10. The van der Waals surface area contributed by atoms with Gasteiger partial charge in [-0.05, 0) is 26.7 Å². The van der Waals surface area contributed by atoms with Gasteiger partial charge in [-0.15, -0.1) is 0 Å². The largest absolute Gasteiger partial charge is 0.378 e. The second-order valence-electron chi connectivity index (χ2n) is 5.35. The van der Waals surface area contributed by atoms with Crippen molar-refractivity contribution in [3.63, 3.8) is 0 Å². The van der Waals surface area contributed by atoms with E-state index < -0.39 is 0 Å². The van der Waals surface area contributed by atoms with Crippen LogP contribution in [0.3, 0.4) is 0 Å². The summed E-state index contributed by atoms with van der Waals surface area (Å²) in [6, 6.07) is 0.269. The average Bonchev–Trinajstić information content (AvgIpc) is 2.29. The van der Waals surface area contributed by atoms with Gasteiger partial charge >= 0.3 is 6.03 Å². The van der Waals surface area contributed by atoms with Crippen LogP contribution in [0.2, 0.25) is 0 Å². The Labute approximate surface area is 102 Å². The molecule has 0 aliphatic carbocycles. The van der Waals surface area contributed by atoms with Gasteiger partial charge in [0, 0.05) is 25.7 Å². The van der Waals surface area contributed by atoms with Crippen LogP contribution in [0.4, 0.5) is 4.79 Å². The average molecular weight is 242 g/mol. The van der Waals surface area contributed by atoms with E-state index in [1.807, 2.05) is 4.90 Å². The van der Waals surface area contributed by atoms with E-state index in [-0.39, 0.29) is 17.7 Å². The van der Waals surface area contributed by atoms with Gasteiger partial charge in [0.25, 0.3) is 0 Å². The molecule has 0 spiro atoms. The minimum Gasteiger partial charge on any atom is -0.378 e. The highest BCUT2D eigenvalue weighted by atomic mass is 16.5. The zero-order valence-corrected chi connectivity index (χ0v) is 10.7. The molecule has 5 nitrogen and oxygen atoms in total. The molecule has 1 N–H and O–H groups in total. The third kappa shape index (κ3) is 3.57. The Hall–Kier alpha value is -0.810. The molecule has 5 heteroatoms. The highest BCUT2D eigenvalue weighted by molar-refractivity contribution is 5.74. The zero-order valence-electron chi connectivity index (χ0n) is 10.7. The first-order valence-electron chi connectivity index (χ1n) is 6.34. The molecule has 2 fully saturated rings. The highest BCUT2D eigenvalue weighted by Gasteiger charge is 2.30. The molecule has 0 aromatic carbocycles. The normalized spacial score (nSPS) is 28.8. The van der Waals surface area contributed by atoms with Gasteiger partial charge in [-0.25, -0.2) is 4.79 Å². The molecule has 2 heterocycles. The van der Waals surface area contributed by atoms with Crippen LogP contribution in [-0.4, -0.2) is 55.5 Å². The van der Waals surface area contributed by atoms with Crippen LogP contribution >= 0.6 is 0 Å². The predicted molar refractivity (Wildman–Crippen MR) is 64.0 cm³/mol. The molecule has 2 aliphatic heterocycles. The lowest BCUT2D eigenvalue weighted by Gasteiger charge is -2.37. The van der Waals surface area contributed by atoms with Gasteiger partial charge in [-0.2, -0.15) is 0 Å². The monoisotopic (exact) mass is 242 g/mol. The van der Waals surface area contributed by atoms with Gasteiger partial charge in [-0.3, -0.25) is 0 Å². The van der Waals surface area contributed by atoms with Gasteiger partial charge in [0.2, 0.25) is 0 Å². The number of rotatable bonds is 1. The van der Waals surface area contributed by atoms with E-state index in [0.29, 0.717) is 26.3 Å². The molecular formula is C12H22N2O3. The minimum atomic E-state index is -0.124. The maximum Gasteiger partial charge on any atom is 0.317 e. The lowest BCUT2D eigenvalue weighted by Crippen LogP contribution is -2.52. The first kappa shape index (κ1) is 12.6. The Bertz CT molecular complexity index is 275. The molecule has 1 atom stereocenters. The molecule has 2 rings (SSSR count). The summed E-state index contributed by atoms with van der Waals surface area (Å²) in [6.45, 7) is 7.54. The molecule has 0 bridgehead atoms. The molecule has 1 unspecified atom stereocenters. The standard InChI is InChI=1S/C12H22N2O3/c1-12(2)9-10(3-6-17-12)13-11(15)14-4-7-16-8-5-14/h10H,3-9H2,1-2H3,(H,13,15). The van der Waals surface area contributed by atoms with E-state index in [2.05, 4.69) is 19.2 Å². The van der Waals surface area contributed by atoms with Crippen molar-refractivity contribution >= 4 is 6.03 Å². The number of carbonyl (C=O) groups excluding carboxylic acids is 1. The van der Waals surface area contributed by atoms with Crippen LogP contribution < -0.4 is 5.32 Å². The summed E-state index contributed by atoms with van der Waals surface area (Å²) in [4.78, 5) is 13.8. The summed E-state index contributed by atoms with van der Waals surface area (Å²) in [6.07, 6.45) is 1.78. The molecule has 17 heavy (non-hydrogen) atoms. The maximum atomic E-state index is 12.0. The van der Waals surface area contributed by atoms with Gasteiger partial charge in [-0.1, -0.05) is 0 Å². The summed E-state index contributed by atoms with van der Waals surface area (Å²) in [5.74, 6) is 0. The van der Waals surface area contributed by atoms with Crippen molar-refractivity contribution in [1.82, 2.24) is 10.2 Å². The lowest BCUT2D eigenvalue weighted by atomic mass is 9.94. The fourth-order valence-corrected chi connectivity index (χ4v) is 2.39. The topological polar surface area (TPSA) is 50.8 Å². The van der Waals surface area contributed by atoms with Gasteiger partial charge in [0.15, 0.2) is 0 Å². The van der Waals surface area contributed by atoms with E-state index in [0.717, 1.165) is 19.4 Å². The van der Waals surface area contributed by atoms with Crippen LogP contribution in [0.5, 0.6) is 0 Å². The van der Waals surface area contributed by atoms with E-state index in [1.165, 1.54) is 0 Å². The van der Waals surface area contributed by atoms with E-state index in [1.54, 1.807) is 0 Å². The van der Waals surface area contributed by atoms with Gasteiger partial charge < -0.3 is 19.7 Å². The summed E-state index contributed by atoms with van der Waals surface area (Å²) >= 11 is 0. The van der Waals surface area contributed by atoms with Crippen molar-refractivity contribution < 1.29 is 14.3 Å². The number of morpholine rings is 1. The van der Waals surface area contributed by atoms with Crippen molar-refractivity contribution in [1.29, 1.82) is 0 Å². The van der Waals surface area contributed by atoms with Crippen LogP contribution in [0.1, 0.15) is 26.7 Å². The summed E-state index contributed by atoms with van der Waals surface area (Å²) in [7, 11) is 0. The Morgan fingerprint density at radius 1 is 1.29 bits per heavy atom. The molecule has 0 aromatic rings. The maximum absolute atomic E-state index is 12.0. The molecule has 2 saturated heterocycles. The quantitative estimate of drug-likeness (QED) is 0.746. The number of hydrogen-bond acceptors (Lipinski definition) is 3. The van der Waals surface area contributed by atoms with Crippen LogP contribution in [-0.2, 0) is 9.47 Å². The number of urea groups is 1. The van der Waals surface area contributed by atoms with Crippen molar-refractivity contribution in [2.45, 2.75) is 38.3 Å². The minimum absolute atomic E-state index is 0.0380. The third-order valence-corrected chi connectivity index (χ3v) is 3.32. The second-order valence-corrected chi connectivity index (χ2v) is 5.35. The Kier molecular flexibility index (Phi) is 3.89. The number of hydrogen-bond donors (Lipinski definition) is 1. The van der Waals surface area contributed by atoms with Crippen molar-refractivity contribution in [3.05, 3.63) is 0 Å². The van der Waals surface area contributed by atoms with Gasteiger partial charge in [0.05, 0.1) is 18.8 Å². The first-order chi connectivity index (χ1) is 8.07. The molecule has 0 radical (unpaired) electrons. The number of carbonyl (C=O) groups is 1. The SMILES string of the molecule is CC1(C)CC(NC(=O)N2CCOCC2)CCO1. The predicted octanol–water partition coefficient (Wildman–Crippen LogP) is 0.986. The smallest absolute Gasteiger partial charge is 0.317 e. The lowest BCUT2D eigenvalue weighted by molar-refractivity contribution is -0.0619. The van der Waals surface area contributed by atoms with Crippen LogP contribution in [0.25, 0.3) is 0 Å².